The van der Waals surface area contributed by atoms with E-state index in [0.29, 0.717) is 25.3 Å². The average Bonchev–Trinajstić information content (AvgIpc) is 2.38. The lowest BCUT2D eigenvalue weighted by Gasteiger charge is -2.22. The molecule has 0 aliphatic carbocycles. The first-order valence-corrected chi connectivity index (χ1v) is 6.56. The standard InChI is InChI=1S/C16H22N2O2/c1-4-9-18(10-5-2)12-16(20)14-7-6-8-15(11-14)17-13(3)19/h4-8,11,16,20H,1-2,9-10,12H2,3H3,(H,17,19). The highest BCUT2D eigenvalue weighted by molar-refractivity contribution is 5.88. The summed E-state index contributed by atoms with van der Waals surface area (Å²) in [6.07, 6.45) is 2.97. The number of anilines is 1. The maximum Gasteiger partial charge on any atom is 0.221 e. The van der Waals surface area contributed by atoms with Gasteiger partial charge in [-0.3, -0.25) is 9.69 Å². The molecule has 0 saturated carbocycles. The van der Waals surface area contributed by atoms with Crippen LogP contribution in [0.25, 0.3) is 0 Å². The van der Waals surface area contributed by atoms with Crippen LogP contribution >= 0.6 is 0 Å². The number of hydrogen-bond donors (Lipinski definition) is 2. The van der Waals surface area contributed by atoms with Gasteiger partial charge in [-0.05, 0) is 17.7 Å². The van der Waals surface area contributed by atoms with Crippen LogP contribution in [-0.4, -0.2) is 35.5 Å². The Hall–Kier alpha value is -1.91. The summed E-state index contributed by atoms with van der Waals surface area (Å²) in [7, 11) is 0. The van der Waals surface area contributed by atoms with E-state index in [-0.39, 0.29) is 5.91 Å². The Labute approximate surface area is 120 Å². The normalized spacial score (nSPS) is 11.9. The molecule has 0 spiro atoms. The van der Waals surface area contributed by atoms with Crippen LogP contribution in [0.1, 0.15) is 18.6 Å². The molecular weight excluding hydrogens is 252 g/mol. The van der Waals surface area contributed by atoms with E-state index >= 15 is 0 Å². The molecule has 1 amide bonds. The number of aliphatic hydroxyl groups excluding tert-OH is 1. The predicted molar refractivity (Wildman–Crippen MR) is 82.5 cm³/mol. The van der Waals surface area contributed by atoms with Gasteiger partial charge in [0.1, 0.15) is 0 Å². The Morgan fingerprint density at radius 3 is 2.60 bits per heavy atom. The summed E-state index contributed by atoms with van der Waals surface area (Å²) in [6, 6.07) is 7.24. The van der Waals surface area contributed by atoms with Gasteiger partial charge in [-0.15, -0.1) is 13.2 Å². The molecule has 0 radical (unpaired) electrons. The first-order chi connectivity index (χ1) is 9.56. The van der Waals surface area contributed by atoms with Crippen LogP contribution in [0.2, 0.25) is 0 Å². The van der Waals surface area contributed by atoms with Crippen LogP contribution in [0.4, 0.5) is 5.69 Å². The van der Waals surface area contributed by atoms with Crippen molar-refractivity contribution in [3.05, 3.63) is 55.1 Å². The summed E-state index contributed by atoms with van der Waals surface area (Å²) in [5.74, 6) is -0.128. The van der Waals surface area contributed by atoms with Gasteiger partial charge in [-0.2, -0.15) is 0 Å². The number of carbonyl (C=O) groups is 1. The fourth-order valence-electron chi connectivity index (χ4n) is 1.97. The van der Waals surface area contributed by atoms with Gasteiger partial charge in [-0.25, -0.2) is 0 Å². The fraction of sp³-hybridized carbons (Fsp3) is 0.312. The van der Waals surface area contributed by atoms with Crippen molar-refractivity contribution >= 4 is 11.6 Å². The van der Waals surface area contributed by atoms with Gasteiger partial charge in [0.25, 0.3) is 0 Å². The summed E-state index contributed by atoms with van der Waals surface area (Å²) in [5, 5.41) is 13.0. The first kappa shape index (κ1) is 16.1. The topological polar surface area (TPSA) is 52.6 Å². The van der Waals surface area contributed by atoms with Crippen molar-refractivity contribution in [1.82, 2.24) is 4.90 Å². The van der Waals surface area contributed by atoms with Gasteiger partial charge in [0.2, 0.25) is 5.91 Å². The lowest BCUT2D eigenvalue weighted by Crippen LogP contribution is -2.29. The van der Waals surface area contributed by atoms with Crippen LogP contribution in [-0.2, 0) is 4.79 Å². The Morgan fingerprint density at radius 2 is 2.05 bits per heavy atom. The second-order valence-electron chi connectivity index (χ2n) is 4.62. The Morgan fingerprint density at radius 1 is 1.40 bits per heavy atom. The van der Waals surface area contributed by atoms with E-state index in [4.69, 9.17) is 0 Å². The molecule has 1 aromatic carbocycles. The zero-order valence-electron chi connectivity index (χ0n) is 11.9. The number of carbonyl (C=O) groups excluding carboxylic acids is 1. The van der Waals surface area contributed by atoms with Crippen LogP contribution in [0, 0.1) is 0 Å². The van der Waals surface area contributed by atoms with Crippen molar-refractivity contribution in [1.29, 1.82) is 0 Å². The van der Waals surface area contributed by atoms with Crippen molar-refractivity contribution in [2.45, 2.75) is 13.0 Å². The van der Waals surface area contributed by atoms with Gasteiger partial charge in [0, 0.05) is 32.2 Å². The third-order valence-electron chi connectivity index (χ3n) is 2.80. The number of nitrogens with one attached hydrogen (secondary N) is 1. The smallest absolute Gasteiger partial charge is 0.221 e. The minimum absolute atomic E-state index is 0.128. The van der Waals surface area contributed by atoms with Crippen LogP contribution in [0.3, 0.4) is 0 Å². The molecule has 1 unspecified atom stereocenters. The molecule has 0 bridgehead atoms. The highest BCUT2D eigenvalue weighted by Gasteiger charge is 2.12. The summed E-state index contributed by atoms with van der Waals surface area (Å²) in [6.45, 7) is 10.7. The summed E-state index contributed by atoms with van der Waals surface area (Å²) in [5.41, 5.74) is 1.46. The van der Waals surface area contributed by atoms with E-state index in [1.807, 2.05) is 17.0 Å². The molecule has 4 heteroatoms. The van der Waals surface area contributed by atoms with Gasteiger partial charge in [0.15, 0.2) is 0 Å². The highest BCUT2D eigenvalue weighted by atomic mass is 16.3. The highest BCUT2D eigenvalue weighted by Crippen LogP contribution is 2.18. The molecule has 108 valence electrons. The summed E-state index contributed by atoms with van der Waals surface area (Å²) >= 11 is 0. The Balaban J connectivity index is 2.74. The molecule has 0 aliphatic rings. The molecule has 0 fully saturated rings. The zero-order chi connectivity index (χ0) is 15.0. The number of amides is 1. The van der Waals surface area contributed by atoms with Crippen molar-refractivity contribution in [2.24, 2.45) is 0 Å². The van der Waals surface area contributed by atoms with Crippen LogP contribution in [0.15, 0.2) is 49.6 Å². The lowest BCUT2D eigenvalue weighted by molar-refractivity contribution is -0.114. The third-order valence-corrected chi connectivity index (χ3v) is 2.80. The lowest BCUT2D eigenvalue weighted by atomic mass is 10.1. The second-order valence-corrected chi connectivity index (χ2v) is 4.62. The maximum absolute atomic E-state index is 11.0. The van der Waals surface area contributed by atoms with E-state index < -0.39 is 6.10 Å². The van der Waals surface area contributed by atoms with Crippen molar-refractivity contribution in [2.75, 3.05) is 25.0 Å². The van der Waals surface area contributed by atoms with Gasteiger partial charge >= 0.3 is 0 Å². The molecule has 4 nitrogen and oxygen atoms in total. The predicted octanol–water partition coefficient (Wildman–Crippen LogP) is 2.35. The fourth-order valence-corrected chi connectivity index (χ4v) is 1.97. The average molecular weight is 274 g/mol. The molecule has 0 saturated heterocycles. The number of benzene rings is 1. The molecule has 0 aromatic heterocycles. The summed E-state index contributed by atoms with van der Waals surface area (Å²) < 4.78 is 0. The molecule has 1 atom stereocenters. The maximum atomic E-state index is 11.0. The molecule has 2 N–H and O–H groups in total. The molecule has 1 rings (SSSR count). The number of rotatable bonds is 8. The molecule has 0 heterocycles. The van der Waals surface area contributed by atoms with E-state index in [9.17, 15) is 9.90 Å². The number of nitrogens with zero attached hydrogens (tertiary/aromatic N) is 1. The molecular formula is C16H22N2O2. The van der Waals surface area contributed by atoms with Crippen LogP contribution in [0.5, 0.6) is 0 Å². The third kappa shape index (κ3) is 5.38. The number of hydrogen-bond acceptors (Lipinski definition) is 3. The number of aliphatic hydroxyl groups is 1. The minimum atomic E-state index is -0.622. The molecule has 20 heavy (non-hydrogen) atoms. The first-order valence-electron chi connectivity index (χ1n) is 6.56. The van der Waals surface area contributed by atoms with Crippen molar-refractivity contribution < 1.29 is 9.90 Å². The minimum Gasteiger partial charge on any atom is -0.387 e. The van der Waals surface area contributed by atoms with E-state index in [1.165, 1.54) is 6.92 Å². The Kier molecular flexibility index (Phi) is 6.70. The van der Waals surface area contributed by atoms with Gasteiger partial charge < -0.3 is 10.4 Å². The monoisotopic (exact) mass is 274 g/mol. The van der Waals surface area contributed by atoms with E-state index in [0.717, 1.165) is 5.56 Å². The van der Waals surface area contributed by atoms with Crippen molar-refractivity contribution in [3.63, 3.8) is 0 Å². The van der Waals surface area contributed by atoms with E-state index in [1.54, 1.807) is 24.3 Å². The SMILES string of the molecule is C=CCN(CC=C)CC(O)c1cccc(NC(C)=O)c1. The second kappa shape index (κ2) is 8.30. The van der Waals surface area contributed by atoms with E-state index in [2.05, 4.69) is 18.5 Å². The van der Waals surface area contributed by atoms with Gasteiger partial charge in [0.05, 0.1) is 6.10 Å². The van der Waals surface area contributed by atoms with Gasteiger partial charge in [-0.1, -0.05) is 24.3 Å². The molecule has 1 aromatic rings. The van der Waals surface area contributed by atoms with Crippen LogP contribution < -0.4 is 5.32 Å². The largest absolute Gasteiger partial charge is 0.387 e. The summed E-state index contributed by atoms with van der Waals surface area (Å²) in [4.78, 5) is 13.1. The quantitative estimate of drug-likeness (QED) is 0.715. The Bertz CT molecular complexity index is 461. The molecule has 0 aliphatic heterocycles. The van der Waals surface area contributed by atoms with Crippen molar-refractivity contribution in [3.8, 4) is 0 Å². The zero-order valence-corrected chi connectivity index (χ0v) is 11.9.